The summed E-state index contributed by atoms with van der Waals surface area (Å²) in [5.74, 6) is -10.4. The molecule has 2 aromatic rings. The van der Waals surface area contributed by atoms with Gasteiger partial charge in [-0.2, -0.15) is 26.3 Å². The Kier molecular flexibility index (Phi) is 29.1. The maximum absolute atomic E-state index is 15.7. The average molecular weight is 1550 g/mol. The summed E-state index contributed by atoms with van der Waals surface area (Å²) in [7, 11) is 8.01. The second-order valence-electron chi connectivity index (χ2n) is 29.4. The first-order valence-corrected chi connectivity index (χ1v) is 37.6. The number of ether oxygens (including phenoxy) is 2. The van der Waals surface area contributed by atoms with E-state index in [9.17, 15) is 55.1 Å². The van der Waals surface area contributed by atoms with E-state index in [-0.39, 0.29) is 108 Å². The Morgan fingerprint density at radius 3 is 1.92 bits per heavy atom. The van der Waals surface area contributed by atoms with Crippen LogP contribution in [0.2, 0.25) is 5.02 Å². The normalized spacial score (nSPS) is 26.9. The lowest BCUT2D eigenvalue weighted by atomic mass is 9.74. The highest BCUT2D eigenvalue weighted by Gasteiger charge is 2.54. The molecule has 2 aromatic carbocycles. The van der Waals surface area contributed by atoms with E-state index in [2.05, 4.69) is 16.0 Å². The van der Waals surface area contributed by atoms with Crippen LogP contribution in [0.15, 0.2) is 54.6 Å². The third-order valence-electron chi connectivity index (χ3n) is 22.2. The van der Waals surface area contributed by atoms with Crippen LogP contribution in [0.1, 0.15) is 140 Å². The van der Waals surface area contributed by atoms with Crippen molar-refractivity contribution >= 4 is 82.5 Å². The number of fused-ring (bicyclic) bond motifs is 3. The van der Waals surface area contributed by atoms with Crippen molar-refractivity contribution in [3.05, 3.63) is 81.9 Å². The number of benzene rings is 2. The molecule has 2 saturated carbocycles. The second kappa shape index (κ2) is 36.9. The molecule has 2 bridgehead atoms. The first-order chi connectivity index (χ1) is 51.0. The lowest BCUT2D eigenvalue weighted by molar-refractivity contribution is -0.159. The average Bonchev–Trinajstić information content (AvgIpc) is 1.18. The summed E-state index contributed by atoms with van der Waals surface area (Å²) in [5, 5.41) is 7.80. The maximum Gasteiger partial charge on any atom is 0.417 e. The Labute approximate surface area is 631 Å². The zero-order valence-electron chi connectivity index (χ0n) is 63.1. The number of likely N-dealkylation sites (N-methyl/N-ethyl adjacent to an activating group) is 6. The van der Waals surface area contributed by atoms with Gasteiger partial charge >= 0.3 is 12.4 Å². The Morgan fingerprint density at radius 1 is 0.676 bits per heavy atom. The zero-order valence-corrected chi connectivity index (χ0v) is 63.9. The molecule has 33 heteroatoms. The first kappa shape index (κ1) is 85.2. The number of carbonyl (C=O) groups excluding carboxylic acids is 12. The van der Waals surface area contributed by atoms with Crippen molar-refractivity contribution in [1.29, 1.82) is 0 Å². The predicted octanol–water partition coefficient (Wildman–Crippen LogP) is 5.25. The Bertz CT molecular complexity index is 3650. The lowest BCUT2D eigenvalue weighted by Crippen LogP contribution is -2.68. The third-order valence-corrected chi connectivity index (χ3v) is 22.6. The summed E-state index contributed by atoms with van der Waals surface area (Å²) in [6, 6.07) is -4.53. The third kappa shape index (κ3) is 20.2. The number of nitrogens with zero attached hydrogens (tertiary/aromatic N) is 9. The molecule has 6 aliphatic rings. The fourth-order valence-electron chi connectivity index (χ4n) is 15.4. The van der Waals surface area contributed by atoms with Gasteiger partial charge in [0.15, 0.2) is 0 Å². The first-order valence-electron chi connectivity index (χ1n) is 37.2. The molecule has 596 valence electrons. The van der Waals surface area contributed by atoms with Crippen LogP contribution in [-0.2, 0) is 92.2 Å². The number of carbonyl (C=O) groups is 12. The molecule has 12 amide bonds. The van der Waals surface area contributed by atoms with Crippen molar-refractivity contribution in [1.82, 2.24) is 60.0 Å². The minimum atomic E-state index is -4.83. The molecule has 4 aliphatic heterocycles. The molecule has 2 aliphatic carbocycles. The number of halogens is 7. The van der Waals surface area contributed by atoms with Gasteiger partial charge in [0.05, 0.1) is 55.0 Å². The van der Waals surface area contributed by atoms with Crippen LogP contribution in [0.5, 0.6) is 0 Å². The number of hydrogen-bond donors (Lipinski definition) is 3. The number of nitrogens with one attached hydrogen (secondary N) is 3. The molecule has 3 N–H and O–H groups in total. The van der Waals surface area contributed by atoms with Gasteiger partial charge in [-0.3, -0.25) is 57.5 Å². The SMILES string of the molecule is CCO[C@@H]1C[C@H]2C(=O)NC3(CCC3)C(=O)N(C)[C@@H](C3CCCC3)C(=O)N(C)[C@H](C(=O)N3CCOCC3)CC(=O)N(C)[C@@H](CC)C(=O)N[C@@H]([C@@H](C)CC)C(=O)N(C)CC(=O)N(C)[C@@H]3C/C=C\CCN(C3=O)[C@@H](Cc3ccc(C(F)(F)F)cc3)C(=O)N(C)CC(=O)N[C@@H](CCc3ccc(C(F)(F)F)c(Cl)c3)C(=O)N2C1. The molecule has 5 fully saturated rings. The van der Waals surface area contributed by atoms with Crippen LogP contribution >= 0.6 is 11.6 Å². The summed E-state index contributed by atoms with van der Waals surface area (Å²) in [6.07, 6.45) is -5.54. The molecular formula is C75H103ClF6N12O14. The van der Waals surface area contributed by atoms with E-state index in [4.69, 9.17) is 21.1 Å². The van der Waals surface area contributed by atoms with Crippen LogP contribution < -0.4 is 16.0 Å². The molecule has 3 saturated heterocycles. The van der Waals surface area contributed by atoms with Gasteiger partial charge in [-0.1, -0.05) is 82.0 Å². The van der Waals surface area contributed by atoms with Crippen molar-refractivity contribution in [3.63, 3.8) is 0 Å². The molecule has 0 unspecified atom stereocenters. The number of hydrogen-bond acceptors (Lipinski definition) is 14. The smallest absolute Gasteiger partial charge is 0.378 e. The summed E-state index contributed by atoms with van der Waals surface area (Å²) in [6.45, 7) is 5.48. The van der Waals surface area contributed by atoms with E-state index in [0.717, 1.165) is 71.9 Å². The zero-order chi connectivity index (χ0) is 79.4. The summed E-state index contributed by atoms with van der Waals surface area (Å²) in [4.78, 5) is 192. The molecule has 26 nitrogen and oxygen atoms in total. The van der Waals surface area contributed by atoms with Gasteiger partial charge in [-0.15, -0.1) is 0 Å². The van der Waals surface area contributed by atoms with Crippen LogP contribution in [0.3, 0.4) is 0 Å². The van der Waals surface area contributed by atoms with Crippen LogP contribution in [0.25, 0.3) is 0 Å². The minimum Gasteiger partial charge on any atom is -0.378 e. The standard InChI is InChI=1S/C75H103ClF6N12O14/c1-11-45(4)62-70(104)87(6)44-61(97)89(8)55-22-15-14-18-33-93(69(55)103)58(39-47-23-27-49(28-24-47)74(77,78)79)67(101)86(5)43-59(95)83-53(30-26-46-25-29-51(52(76)38-46)75(80,81)82)66(100)94-42-50(108-13-3)40-56(94)65(99)85-73(31-19-32-73)72(106)91(10)63(48-20-16-17-21-48)71(105)90(9)57(68(102)92-34-36-107-37-35-92)41-60(96)88(7)54(12-2)64(98)84-62/h14-15,23-25,27-29,38,45,48,50,53-58,62-63H,11-13,16-22,26,30-37,39-44H2,1-10H3,(H,83,95)(H,84,98)(H,85,99)/b15-14-/t45-,50+,53-,54-,55+,56-,57-,58-,62-,63-/m0/s1. The van der Waals surface area contributed by atoms with Crippen LogP contribution in [-0.4, -0.2) is 276 Å². The van der Waals surface area contributed by atoms with Crippen molar-refractivity contribution in [2.24, 2.45) is 11.8 Å². The highest BCUT2D eigenvalue weighted by atomic mass is 35.5. The summed E-state index contributed by atoms with van der Waals surface area (Å²) < 4.78 is 95.5. The molecule has 108 heavy (non-hydrogen) atoms. The van der Waals surface area contributed by atoms with Gasteiger partial charge in [0.1, 0.15) is 53.9 Å². The van der Waals surface area contributed by atoms with Gasteiger partial charge < -0.3 is 69.5 Å². The van der Waals surface area contributed by atoms with Crippen molar-refractivity contribution < 1.29 is 93.4 Å². The van der Waals surface area contributed by atoms with E-state index in [1.165, 1.54) is 57.0 Å². The van der Waals surface area contributed by atoms with Gasteiger partial charge in [0.25, 0.3) is 0 Å². The second-order valence-corrected chi connectivity index (χ2v) is 29.8. The van der Waals surface area contributed by atoms with Crippen molar-refractivity contribution in [3.8, 4) is 0 Å². The van der Waals surface area contributed by atoms with E-state index in [1.807, 2.05) is 0 Å². The van der Waals surface area contributed by atoms with E-state index in [1.54, 1.807) is 39.8 Å². The van der Waals surface area contributed by atoms with Gasteiger partial charge in [-0.05, 0) is 118 Å². The Morgan fingerprint density at radius 2 is 1.32 bits per heavy atom. The van der Waals surface area contributed by atoms with Crippen molar-refractivity contribution in [2.75, 3.05) is 101 Å². The molecule has 0 radical (unpaired) electrons. The maximum atomic E-state index is 15.7. The van der Waals surface area contributed by atoms with Gasteiger partial charge in [0.2, 0.25) is 70.9 Å². The lowest BCUT2D eigenvalue weighted by Gasteiger charge is -2.47. The van der Waals surface area contributed by atoms with E-state index in [0.29, 0.717) is 38.5 Å². The minimum absolute atomic E-state index is 0.00285. The number of morpholine rings is 1. The van der Waals surface area contributed by atoms with Crippen LogP contribution in [0.4, 0.5) is 26.3 Å². The monoisotopic (exact) mass is 1540 g/mol. The number of aryl methyl sites for hydroxylation is 1. The Balaban J connectivity index is 1.22. The summed E-state index contributed by atoms with van der Waals surface area (Å²) >= 11 is 6.17. The predicted molar refractivity (Wildman–Crippen MR) is 383 cm³/mol. The molecule has 10 atom stereocenters. The number of amides is 12. The molecule has 1 spiro atoms. The number of rotatable bonds is 12. The highest BCUT2D eigenvalue weighted by Crippen LogP contribution is 2.40. The highest BCUT2D eigenvalue weighted by molar-refractivity contribution is 6.31. The topological polar surface area (TPSA) is 289 Å². The molecule has 8 rings (SSSR count). The van der Waals surface area contributed by atoms with E-state index < -0.39 is 197 Å². The molecular weight excluding hydrogens is 1440 g/mol. The molecule has 4 heterocycles. The summed E-state index contributed by atoms with van der Waals surface area (Å²) in [5.41, 5.74) is -3.47. The van der Waals surface area contributed by atoms with E-state index >= 15 is 28.8 Å². The fraction of sp³-hybridized carbons (Fsp3) is 0.653. The fourth-order valence-corrected chi connectivity index (χ4v) is 15.7. The van der Waals surface area contributed by atoms with Crippen molar-refractivity contribution in [2.45, 2.75) is 203 Å². The molecule has 0 aromatic heterocycles. The van der Waals surface area contributed by atoms with Gasteiger partial charge in [0, 0.05) is 87.9 Å². The van der Waals surface area contributed by atoms with Gasteiger partial charge in [-0.25, -0.2) is 0 Å². The largest absolute Gasteiger partial charge is 0.417 e. The van der Waals surface area contributed by atoms with Crippen LogP contribution in [0, 0.1) is 11.8 Å². The number of alkyl halides is 6. The Hall–Kier alpha value is -8.39. The quantitative estimate of drug-likeness (QED) is 0.181.